The van der Waals surface area contributed by atoms with E-state index in [1.54, 1.807) is 12.1 Å². The van der Waals surface area contributed by atoms with Crippen molar-refractivity contribution in [1.29, 1.82) is 0 Å². The minimum atomic E-state index is -2.79. The molecular weight excluding hydrogens is 414 g/mol. The molecular formula is C10H12BrCl2O5PS. The Morgan fingerprint density at radius 3 is 2.15 bits per heavy atom. The lowest BCUT2D eigenvalue weighted by atomic mass is 10.3. The minimum Gasteiger partial charge on any atom is -0.481 e. The highest BCUT2D eigenvalue weighted by molar-refractivity contribution is 9.10. The van der Waals surface area contributed by atoms with Gasteiger partial charge in [0.25, 0.3) is 5.97 Å². The van der Waals surface area contributed by atoms with E-state index in [4.69, 9.17) is 58.5 Å². The maximum Gasteiger partial charge on any atom is 0.380 e. The fourth-order valence-corrected chi connectivity index (χ4v) is 2.66. The van der Waals surface area contributed by atoms with Gasteiger partial charge in [-0.05, 0) is 22.0 Å². The molecule has 0 saturated carbocycles. The molecule has 5 nitrogen and oxygen atoms in total. The van der Waals surface area contributed by atoms with Crippen LogP contribution in [-0.2, 0) is 25.6 Å². The van der Waals surface area contributed by atoms with Crippen LogP contribution in [0.1, 0.15) is 6.92 Å². The van der Waals surface area contributed by atoms with Crippen LogP contribution >= 0.6 is 45.9 Å². The molecule has 0 aliphatic carbocycles. The maximum atomic E-state index is 9.00. The number of halogens is 3. The molecule has 0 aliphatic heterocycles. The Labute approximate surface area is 140 Å². The van der Waals surface area contributed by atoms with Crippen LogP contribution in [0.2, 0.25) is 10.0 Å². The van der Waals surface area contributed by atoms with Crippen LogP contribution in [0.3, 0.4) is 0 Å². The van der Waals surface area contributed by atoms with Crippen LogP contribution in [0.25, 0.3) is 0 Å². The SMILES string of the molecule is CC(=O)O.COP(=S)(OC)Oc1cc(Cl)c(Br)cc1Cl. The van der Waals surface area contributed by atoms with Crippen molar-refractivity contribution in [2.24, 2.45) is 0 Å². The summed E-state index contributed by atoms with van der Waals surface area (Å²) in [6, 6.07) is 3.16. The zero-order valence-corrected chi connectivity index (χ0v) is 15.5. The van der Waals surface area contributed by atoms with Gasteiger partial charge in [0.15, 0.2) is 0 Å². The topological polar surface area (TPSA) is 65.0 Å². The third-order valence-electron chi connectivity index (χ3n) is 1.63. The quantitative estimate of drug-likeness (QED) is 0.555. The zero-order valence-electron chi connectivity index (χ0n) is 10.7. The van der Waals surface area contributed by atoms with Crippen molar-refractivity contribution in [2.75, 3.05) is 14.2 Å². The molecule has 0 saturated heterocycles. The summed E-state index contributed by atoms with van der Waals surface area (Å²) in [7, 11) is 2.83. The van der Waals surface area contributed by atoms with E-state index >= 15 is 0 Å². The minimum absolute atomic E-state index is 0.335. The second-order valence-electron chi connectivity index (χ2n) is 3.12. The monoisotopic (exact) mass is 424 g/mol. The van der Waals surface area contributed by atoms with Crippen molar-refractivity contribution >= 4 is 63.6 Å². The predicted molar refractivity (Wildman–Crippen MR) is 86.4 cm³/mol. The molecule has 1 N–H and O–H groups in total. The zero-order chi connectivity index (χ0) is 15.9. The van der Waals surface area contributed by atoms with Crippen molar-refractivity contribution in [2.45, 2.75) is 6.92 Å². The molecule has 0 spiro atoms. The van der Waals surface area contributed by atoms with E-state index in [9.17, 15) is 0 Å². The Bertz CT molecular complexity index is 517. The van der Waals surface area contributed by atoms with E-state index in [1.807, 2.05) is 0 Å². The molecule has 0 bridgehead atoms. The molecule has 0 amide bonds. The number of rotatable bonds is 4. The van der Waals surface area contributed by atoms with Crippen LogP contribution in [0.15, 0.2) is 16.6 Å². The Hall–Kier alpha value is 0.120. The van der Waals surface area contributed by atoms with Gasteiger partial charge in [0.05, 0.1) is 10.0 Å². The molecule has 1 aromatic carbocycles. The first-order chi connectivity index (χ1) is 9.15. The molecule has 10 heteroatoms. The van der Waals surface area contributed by atoms with Crippen molar-refractivity contribution in [1.82, 2.24) is 0 Å². The summed E-state index contributed by atoms with van der Waals surface area (Å²) in [6.07, 6.45) is 0. The lowest BCUT2D eigenvalue weighted by Crippen LogP contribution is -1.97. The first kappa shape index (κ1) is 20.1. The van der Waals surface area contributed by atoms with Gasteiger partial charge in [0.2, 0.25) is 0 Å². The number of benzene rings is 1. The summed E-state index contributed by atoms with van der Waals surface area (Å²) in [5.74, 6) is -0.498. The highest BCUT2D eigenvalue weighted by Gasteiger charge is 2.20. The molecule has 1 rings (SSSR count). The summed E-state index contributed by atoms with van der Waals surface area (Å²) >= 11 is 20.2. The number of hydrogen-bond acceptors (Lipinski definition) is 5. The number of carbonyl (C=O) groups is 1. The van der Waals surface area contributed by atoms with E-state index in [0.717, 1.165) is 6.92 Å². The fourth-order valence-electron chi connectivity index (χ4n) is 0.844. The molecule has 20 heavy (non-hydrogen) atoms. The van der Waals surface area contributed by atoms with Crippen molar-refractivity contribution in [3.8, 4) is 5.75 Å². The third kappa shape index (κ3) is 7.22. The van der Waals surface area contributed by atoms with Crippen molar-refractivity contribution in [3.05, 3.63) is 26.7 Å². The average molecular weight is 426 g/mol. The van der Waals surface area contributed by atoms with Gasteiger partial charge in [0, 0.05) is 43.5 Å². The van der Waals surface area contributed by atoms with E-state index in [-0.39, 0.29) is 0 Å². The first-order valence-corrected chi connectivity index (χ1v) is 9.01. The molecule has 0 unspecified atom stereocenters. The molecule has 0 aliphatic rings. The first-order valence-electron chi connectivity index (χ1n) is 4.90. The Balaban J connectivity index is 0.000000796. The van der Waals surface area contributed by atoms with Crippen LogP contribution in [-0.4, -0.2) is 25.3 Å². The lowest BCUT2D eigenvalue weighted by molar-refractivity contribution is -0.134. The standard InChI is InChI=1S/C8H8BrCl2O3PS.C2H4O2/c1-12-15(16,13-2)14-8-4-6(10)5(9)3-7(8)11;1-2(3)4/h3-4H,1-2H3;1H3,(H,3,4). The molecule has 0 atom stereocenters. The molecule has 0 fully saturated rings. The molecule has 0 heterocycles. The Kier molecular flexibility index (Phi) is 9.26. The van der Waals surface area contributed by atoms with Gasteiger partial charge >= 0.3 is 6.72 Å². The van der Waals surface area contributed by atoms with E-state index in [1.165, 1.54) is 14.2 Å². The van der Waals surface area contributed by atoms with Gasteiger partial charge in [-0.15, -0.1) is 0 Å². The molecule has 1 aromatic rings. The maximum absolute atomic E-state index is 9.00. The van der Waals surface area contributed by atoms with Crippen LogP contribution in [0.5, 0.6) is 5.75 Å². The molecule has 0 aromatic heterocycles. The van der Waals surface area contributed by atoms with Crippen LogP contribution < -0.4 is 4.52 Å². The van der Waals surface area contributed by atoms with Gasteiger partial charge in [-0.3, -0.25) is 4.79 Å². The normalized spacial score (nSPS) is 10.5. The number of hydrogen-bond donors (Lipinski definition) is 1. The lowest BCUT2D eigenvalue weighted by Gasteiger charge is -2.19. The fraction of sp³-hybridized carbons (Fsp3) is 0.300. The second kappa shape index (κ2) is 9.20. The summed E-state index contributed by atoms with van der Waals surface area (Å²) in [5, 5.41) is 8.26. The van der Waals surface area contributed by atoms with Crippen LogP contribution in [0.4, 0.5) is 0 Å². The highest BCUT2D eigenvalue weighted by Crippen LogP contribution is 2.50. The summed E-state index contributed by atoms with van der Waals surface area (Å²) in [5.41, 5.74) is 0. The predicted octanol–water partition coefficient (Wildman–Crippen LogP) is 4.74. The number of carboxylic acid groups (broad SMARTS) is 1. The number of carboxylic acids is 1. The van der Waals surface area contributed by atoms with E-state index < -0.39 is 12.7 Å². The van der Waals surface area contributed by atoms with E-state index in [2.05, 4.69) is 15.9 Å². The number of aliphatic carboxylic acids is 1. The van der Waals surface area contributed by atoms with Crippen LogP contribution in [0, 0.1) is 0 Å². The Morgan fingerprint density at radius 1 is 1.30 bits per heavy atom. The van der Waals surface area contributed by atoms with Gasteiger partial charge < -0.3 is 18.7 Å². The van der Waals surface area contributed by atoms with Gasteiger partial charge in [-0.1, -0.05) is 23.2 Å². The molecule has 114 valence electrons. The average Bonchev–Trinajstić information content (AvgIpc) is 2.35. The van der Waals surface area contributed by atoms with Gasteiger partial charge in [0.1, 0.15) is 5.75 Å². The highest BCUT2D eigenvalue weighted by atomic mass is 79.9. The molecule has 0 radical (unpaired) electrons. The third-order valence-corrected chi connectivity index (χ3v) is 5.56. The summed E-state index contributed by atoms with van der Waals surface area (Å²) < 4.78 is 16.1. The van der Waals surface area contributed by atoms with Crippen molar-refractivity contribution < 1.29 is 23.5 Å². The summed E-state index contributed by atoms with van der Waals surface area (Å²) in [6.45, 7) is -1.71. The Morgan fingerprint density at radius 2 is 1.75 bits per heavy atom. The van der Waals surface area contributed by atoms with Gasteiger partial charge in [-0.25, -0.2) is 0 Å². The second-order valence-corrected chi connectivity index (χ2v) is 7.94. The smallest absolute Gasteiger partial charge is 0.380 e. The summed E-state index contributed by atoms with van der Waals surface area (Å²) in [4.78, 5) is 9.00. The largest absolute Gasteiger partial charge is 0.481 e. The van der Waals surface area contributed by atoms with E-state index in [0.29, 0.717) is 20.3 Å². The van der Waals surface area contributed by atoms with Crippen molar-refractivity contribution in [3.63, 3.8) is 0 Å². The van der Waals surface area contributed by atoms with Gasteiger partial charge in [-0.2, -0.15) is 0 Å².